The van der Waals surface area contributed by atoms with E-state index in [0.29, 0.717) is 6.54 Å². The summed E-state index contributed by atoms with van der Waals surface area (Å²) >= 11 is 0. The molecule has 0 spiro atoms. The number of fused-ring (bicyclic) bond motifs is 1. The molecule has 4 rings (SSSR count). The third-order valence-corrected chi connectivity index (χ3v) is 4.44. The summed E-state index contributed by atoms with van der Waals surface area (Å²) in [5.41, 5.74) is 3.32. The molecule has 3 heterocycles. The highest BCUT2D eigenvalue weighted by molar-refractivity contribution is 5.94. The smallest absolute Gasteiger partial charge is 0.163 e. The van der Waals surface area contributed by atoms with Crippen molar-refractivity contribution in [3.05, 3.63) is 42.2 Å². The highest BCUT2D eigenvalue weighted by Crippen LogP contribution is 2.28. The van der Waals surface area contributed by atoms with Crippen molar-refractivity contribution >= 4 is 16.7 Å². The Labute approximate surface area is 135 Å². The number of aryl methyl sites for hydroxylation is 1. The zero-order valence-electron chi connectivity index (χ0n) is 13.2. The predicted octanol–water partition coefficient (Wildman–Crippen LogP) is 2.89. The van der Waals surface area contributed by atoms with Crippen molar-refractivity contribution in [3.63, 3.8) is 0 Å². The van der Waals surface area contributed by atoms with Gasteiger partial charge in [-0.15, -0.1) is 0 Å². The van der Waals surface area contributed by atoms with Gasteiger partial charge in [-0.1, -0.05) is 11.6 Å². The topological polar surface area (TPSA) is 65.0 Å². The summed E-state index contributed by atoms with van der Waals surface area (Å²) in [4.78, 5) is 14.6. The molecule has 1 aliphatic rings. The van der Waals surface area contributed by atoms with Gasteiger partial charge in [-0.3, -0.25) is 0 Å². The van der Waals surface area contributed by atoms with E-state index in [4.69, 9.17) is 4.98 Å². The minimum Gasteiger partial charge on any atom is -0.391 e. The average Bonchev–Trinajstić information content (AvgIpc) is 2.98. The molecule has 1 saturated heterocycles. The van der Waals surface area contributed by atoms with Crippen LogP contribution in [0.5, 0.6) is 0 Å². The predicted molar refractivity (Wildman–Crippen MR) is 91.5 cm³/mol. The third-order valence-electron chi connectivity index (χ3n) is 4.44. The molecule has 0 bridgehead atoms. The zero-order valence-corrected chi connectivity index (χ0v) is 13.2. The number of aliphatic hydroxyl groups excluding tert-OH is 1. The van der Waals surface area contributed by atoms with Crippen LogP contribution in [0.3, 0.4) is 0 Å². The first-order chi connectivity index (χ1) is 11.2. The monoisotopic (exact) mass is 308 g/mol. The maximum absolute atomic E-state index is 9.88. The highest BCUT2D eigenvalue weighted by Gasteiger charge is 2.19. The van der Waals surface area contributed by atoms with Crippen LogP contribution in [0.25, 0.3) is 22.3 Å². The van der Waals surface area contributed by atoms with Crippen molar-refractivity contribution < 1.29 is 5.11 Å². The lowest BCUT2D eigenvalue weighted by molar-refractivity contribution is 0.154. The van der Waals surface area contributed by atoms with E-state index < -0.39 is 0 Å². The van der Waals surface area contributed by atoms with E-state index in [1.54, 1.807) is 6.20 Å². The Kier molecular flexibility index (Phi) is 3.50. The fraction of sp³-hybridized carbons (Fsp3) is 0.333. The molecule has 5 nitrogen and oxygen atoms in total. The number of hydrogen-bond donors (Lipinski definition) is 2. The van der Waals surface area contributed by atoms with Crippen LogP contribution in [0.2, 0.25) is 0 Å². The van der Waals surface area contributed by atoms with E-state index in [1.165, 1.54) is 5.56 Å². The number of aromatic nitrogens is 3. The molecule has 2 aromatic heterocycles. The van der Waals surface area contributed by atoms with Crippen molar-refractivity contribution in [3.8, 4) is 11.4 Å². The first-order valence-corrected chi connectivity index (χ1v) is 8.05. The quantitative estimate of drug-likeness (QED) is 0.764. The molecular formula is C18H20N4O. The van der Waals surface area contributed by atoms with E-state index in [1.807, 2.05) is 12.3 Å². The lowest BCUT2D eigenvalue weighted by Crippen LogP contribution is -2.38. The largest absolute Gasteiger partial charge is 0.391 e. The fourth-order valence-corrected chi connectivity index (χ4v) is 3.24. The second-order valence-electron chi connectivity index (χ2n) is 6.23. The molecule has 1 unspecified atom stereocenters. The van der Waals surface area contributed by atoms with Crippen LogP contribution in [0.15, 0.2) is 36.7 Å². The number of anilines is 1. The molecule has 0 amide bonds. The number of aliphatic hydroxyl groups is 1. The number of hydrogen-bond acceptors (Lipinski definition) is 4. The van der Waals surface area contributed by atoms with Crippen molar-refractivity contribution in [2.45, 2.75) is 25.9 Å². The van der Waals surface area contributed by atoms with Gasteiger partial charge in [0.2, 0.25) is 0 Å². The molecule has 1 aromatic carbocycles. The Bertz CT molecular complexity index is 842. The first-order valence-electron chi connectivity index (χ1n) is 8.05. The molecule has 0 radical (unpaired) electrons. The fourth-order valence-electron chi connectivity index (χ4n) is 3.24. The van der Waals surface area contributed by atoms with Crippen molar-refractivity contribution in [1.29, 1.82) is 0 Å². The van der Waals surface area contributed by atoms with Crippen molar-refractivity contribution in [2.75, 3.05) is 18.0 Å². The van der Waals surface area contributed by atoms with E-state index in [0.717, 1.165) is 47.5 Å². The second-order valence-corrected chi connectivity index (χ2v) is 6.23. The summed E-state index contributed by atoms with van der Waals surface area (Å²) in [6.07, 6.45) is 5.36. The standard InChI is InChI=1S/C18H20N4O/c1-12-4-5-16-14(9-12)15(10-20-16)18-19-7-6-17(21-18)22-8-2-3-13(23)11-22/h4-7,9-10,13,20,23H,2-3,8,11H2,1H3. The Hall–Kier alpha value is -2.40. The molecule has 3 aromatic rings. The van der Waals surface area contributed by atoms with E-state index in [2.05, 4.69) is 40.0 Å². The van der Waals surface area contributed by atoms with Crippen molar-refractivity contribution in [2.24, 2.45) is 0 Å². The SMILES string of the molecule is Cc1ccc2[nH]cc(-c3nccc(N4CCCC(O)C4)n3)c2c1. The van der Waals surface area contributed by atoms with Crippen LogP contribution in [-0.2, 0) is 0 Å². The van der Waals surface area contributed by atoms with Gasteiger partial charge >= 0.3 is 0 Å². The van der Waals surface area contributed by atoms with Gasteiger partial charge in [0.15, 0.2) is 5.82 Å². The molecule has 2 N–H and O–H groups in total. The van der Waals surface area contributed by atoms with Gasteiger partial charge in [-0.2, -0.15) is 0 Å². The van der Waals surface area contributed by atoms with Crippen LogP contribution in [0.1, 0.15) is 18.4 Å². The summed E-state index contributed by atoms with van der Waals surface area (Å²) in [7, 11) is 0. The lowest BCUT2D eigenvalue weighted by Gasteiger charge is -2.31. The van der Waals surface area contributed by atoms with E-state index in [9.17, 15) is 5.11 Å². The van der Waals surface area contributed by atoms with Crippen LogP contribution in [0.4, 0.5) is 5.82 Å². The van der Waals surface area contributed by atoms with Gasteiger partial charge in [-0.25, -0.2) is 9.97 Å². The normalized spacial score (nSPS) is 18.5. The van der Waals surface area contributed by atoms with Gasteiger partial charge in [0, 0.05) is 41.9 Å². The Morgan fingerprint density at radius 3 is 3.09 bits per heavy atom. The highest BCUT2D eigenvalue weighted by atomic mass is 16.3. The number of aromatic amines is 1. The minimum atomic E-state index is -0.266. The average molecular weight is 308 g/mol. The Morgan fingerprint density at radius 1 is 1.30 bits per heavy atom. The zero-order chi connectivity index (χ0) is 15.8. The Balaban J connectivity index is 1.74. The molecule has 1 aliphatic heterocycles. The molecular weight excluding hydrogens is 288 g/mol. The van der Waals surface area contributed by atoms with Gasteiger partial charge in [0.1, 0.15) is 5.82 Å². The second kappa shape index (κ2) is 5.66. The number of nitrogens with zero attached hydrogens (tertiary/aromatic N) is 3. The van der Waals surface area contributed by atoms with Crippen LogP contribution in [0, 0.1) is 6.92 Å². The number of nitrogens with one attached hydrogen (secondary N) is 1. The maximum Gasteiger partial charge on any atom is 0.163 e. The van der Waals surface area contributed by atoms with Crippen molar-refractivity contribution in [1.82, 2.24) is 15.0 Å². The number of piperidine rings is 1. The van der Waals surface area contributed by atoms with Crippen LogP contribution in [-0.4, -0.2) is 39.3 Å². The first kappa shape index (κ1) is 14.2. The molecule has 118 valence electrons. The Morgan fingerprint density at radius 2 is 2.22 bits per heavy atom. The molecule has 1 atom stereocenters. The third kappa shape index (κ3) is 2.68. The summed E-state index contributed by atoms with van der Waals surface area (Å²) in [5, 5.41) is 11.0. The van der Waals surface area contributed by atoms with Crippen LogP contribution < -0.4 is 4.90 Å². The van der Waals surface area contributed by atoms with Gasteiger partial charge in [0.25, 0.3) is 0 Å². The van der Waals surface area contributed by atoms with Gasteiger partial charge in [0.05, 0.1) is 6.10 Å². The van der Waals surface area contributed by atoms with E-state index in [-0.39, 0.29) is 6.10 Å². The van der Waals surface area contributed by atoms with Gasteiger partial charge in [-0.05, 0) is 38.0 Å². The minimum absolute atomic E-state index is 0.266. The number of H-pyrrole nitrogens is 1. The summed E-state index contributed by atoms with van der Waals surface area (Å²) in [6, 6.07) is 8.25. The maximum atomic E-state index is 9.88. The number of benzene rings is 1. The molecule has 23 heavy (non-hydrogen) atoms. The van der Waals surface area contributed by atoms with Crippen LogP contribution >= 0.6 is 0 Å². The summed E-state index contributed by atoms with van der Waals surface area (Å²) < 4.78 is 0. The lowest BCUT2D eigenvalue weighted by atomic mass is 10.1. The molecule has 0 saturated carbocycles. The number of β-amino-alcohol motifs (C(OH)–C–C–N with tert-alkyl or cyclic N) is 1. The van der Waals surface area contributed by atoms with E-state index >= 15 is 0 Å². The summed E-state index contributed by atoms with van der Waals surface area (Å²) in [5.74, 6) is 1.61. The summed E-state index contributed by atoms with van der Waals surface area (Å²) in [6.45, 7) is 3.66. The molecule has 0 aliphatic carbocycles. The molecule has 5 heteroatoms. The number of rotatable bonds is 2. The van der Waals surface area contributed by atoms with Gasteiger partial charge < -0.3 is 15.0 Å². The molecule has 1 fully saturated rings.